The smallest absolute Gasteiger partial charge is 0.0625 e. The van der Waals surface area contributed by atoms with Crippen molar-refractivity contribution in [2.45, 2.75) is 219 Å². The molecule has 2 fully saturated rings. The Morgan fingerprint density at radius 2 is 0.692 bits per heavy atom. The van der Waals surface area contributed by atoms with E-state index in [9.17, 15) is 0 Å². The van der Waals surface area contributed by atoms with Gasteiger partial charge < -0.3 is 0 Å². The van der Waals surface area contributed by atoms with Gasteiger partial charge in [0.1, 0.15) is 0 Å². The Labute approximate surface area is 250 Å². The van der Waals surface area contributed by atoms with Gasteiger partial charge in [-0.3, -0.25) is 0 Å². The van der Waals surface area contributed by atoms with Crippen molar-refractivity contribution in [2.24, 2.45) is 23.7 Å². The number of unbranched alkanes of at least 4 members (excludes halogenated alkanes) is 16. The van der Waals surface area contributed by atoms with Crippen LogP contribution in [0.25, 0.3) is 0 Å². The molecule has 2 rings (SSSR count). The summed E-state index contributed by atoms with van der Waals surface area (Å²) in [5.74, 6) is 4.14. The molecule has 0 aromatic carbocycles. The van der Waals surface area contributed by atoms with Gasteiger partial charge in [0.05, 0.1) is 0 Å². The van der Waals surface area contributed by atoms with E-state index in [0.29, 0.717) is 0 Å². The molecule has 0 aromatic heterocycles. The van der Waals surface area contributed by atoms with Gasteiger partial charge in [-0.05, 0) is 24.7 Å². The fourth-order valence-electron chi connectivity index (χ4n) is 8.21. The van der Waals surface area contributed by atoms with E-state index in [0.717, 1.165) is 23.7 Å². The molecule has 0 aliphatic heterocycles. The summed E-state index contributed by atoms with van der Waals surface area (Å²) in [4.78, 5) is 0. The van der Waals surface area contributed by atoms with Crippen molar-refractivity contribution in [1.29, 1.82) is 0 Å². The molecule has 0 aromatic rings. The van der Waals surface area contributed by atoms with E-state index in [2.05, 4.69) is 13.8 Å². The Kier molecular flexibility index (Phi) is 23.4. The molecule has 0 spiro atoms. The van der Waals surface area contributed by atoms with Gasteiger partial charge in [0, 0.05) is 0 Å². The second-order valence-corrected chi connectivity index (χ2v) is 15.0. The summed E-state index contributed by atoms with van der Waals surface area (Å²) in [5.41, 5.74) is 0. The second-order valence-electron chi connectivity index (χ2n) is 15.0. The zero-order valence-corrected chi connectivity index (χ0v) is 27.6. The van der Waals surface area contributed by atoms with E-state index in [4.69, 9.17) is 0 Å². The van der Waals surface area contributed by atoms with Crippen LogP contribution in [-0.2, 0) is 0 Å². The average Bonchev–Trinajstić information content (AvgIpc) is 3.27. The molecular weight excluding hydrogens is 465 g/mol. The van der Waals surface area contributed by atoms with Crippen molar-refractivity contribution in [3.8, 4) is 0 Å². The predicted octanol–water partition coefficient (Wildman–Crippen LogP) is 13.8. The van der Waals surface area contributed by atoms with E-state index in [1.807, 2.05) is 0 Å². The topological polar surface area (TPSA) is 0 Å². The van der Waals surface area contributed by atoms with E-state index >= 15 is 0 Å². The summed E-state index contributed by atoms with van der Waals surface area (Å²) in [6.07, 6.45) is 48.2. The molecule has 1 heteroatoms. The van der Waals surface area contributed by atoms with E-state index in [1.54, 1.807) is 0 Å². The van der Waals surface area contributed by atoms with Gasteiger partial charge in [0.2, 0.25) is 0 Å². The molecule has 0 heterocycles. The van der Waals surface area contributed by atoms with Crippen LogP contribution < -0.4 is 0 Å². The number of hydrogen-bond donors (Lipinski definition) is 0. The van der Waals surface area contributed by atoms with Crippen LogP contribution in [0.5, 0.6) is 0 Å². The quantitative estimate of drug-likeness (QED) is 0.0650. The fraction of sp³-hybridized carbons (Fsp3) is 1.00. The molecule has 2 aliphatic rings. The first-order valence-electron chi connectivity index (χ1n) is 19.2. The standard InChI is InChI=1S/2C19H37.Be/c2*1-3-4-5-6-7-8-9-10-11-15-19-16-13-12-14-18(2)17-19;/h2*18-19H,1,3-17H2,2H3;. The zero-order chi connectivity index (χ0) is 27.6. The van der Waals surface area contributed by atoms with Crippen LogP contribution in [0.15, 0.2) is 0 Å². The van der Waals surface area contributed by atoms with Crippen molar-refractivity contribution in [3.05, 3.63) is 0 Å². The first kappa shape index (κ1) is 35.4. The molecule has 4 atom stereocenters. The third-order valence-electron chi connectivity index (χ3n) is 10.8. The molecule has 2 saturated carbocycles. The molecule has 4 unspecified atom stereocenters. The SMILES string of the molecule is CC1CCCCC(CCCCCCCCCC[CH2][Be][CH2]CCCCCCCCCCC2CCCCC(C)C2)C1. The monoisotopic (exact) mass is 540 g/mol. The normalized spacial score (nSPS) is 24.3. The van der Waals surface area contributed by atoms with Gasteiger partial charge >= 0.3 is 161 Å². The minimum absolute atomic E-state index is 1.00. The third-order valence-corrected chi connectivity index (χ3v) is 10.8. The predicted molar refractivity (Wildman–Crippen MR) is 179 cm³/mol. The Bertz CT molecular complexity index is 457. The maximum absolute atomic E-state index is 2.49. The number of hydrogen-bond acceptors (Lipinski definition) is 0. The molecule has 0 amide bonds. The van der Waals surface area contributed by atoms with Crippen molar-refractivity contribution < 1.29 is 0 Å². The minimum Gasteiger partial charge on any atom is -0.0625 e. The van der Waals surface area contributed by atoms with Crippen molar-refractivity contribution >= 4 is 8.78 Å². The first-order valence-corrected chi connectivity index (χ1v) is 19.2. The Morgan fingerprint density at radius 1 is 0.385 bits per heavy atom. The van der Waals surface area contributed by atoms with Crippen molar-refractivity contribution in [2.75, 3.05) is 0 Å². The van der Waals surface area contributed by atoms with Crippen LogP contribution in [0, 0.1) is 23.7 Å². The van der Waals surface area contributed by atoms with Crippen LogP contribution in [0.2, 0.25) is 12.3 Å². The Balaban J connectivity index is 1.19. The second kappa shape index (κ2) is 25.8. The van der Waals surface area contributed by atoms with E-state index in [-0.39, 0.29) is 0 Å². The summed E-state index contributed by atoms with van der Waals surface area (Å²) < 4.78 is 0. The van der Waals surface area contributed by atoms with Gasteiger partial charge in [-0.2, -0.15) is 0 Å². The number of rotatable bonds is 24. The van der Waals surface area contributed by atoms with Crippen molar-refractivity contribution in [3.63, 3.8) is 0 Å². The van der Waals surface area contributed by atoms with Gasteiger partial charge in [0.25, 0.3) is 0 Å². The van der Waals surface area contributed by atoms with Gasteiger partial charge in [-0.25, -0.2) is 0 Å². The molecule has 228 valence electrons. The van der Waals surface area contributed by atoms with Crippen LogP contribution in [0.1, 0.15) is 206 Å². The summed E-state index contributed by atoms with van der Waals surface area (Å²) >= 11 is 0. The van der Waals surface area contributed by atoms with Gasteiger partial charge in [-0.1, -0.05) is 65.2 Å². The Morgan fingerprint density at radius 3 is 1.08 bits per heavy atom. The molecule has 0 N–H and O–H groups in total. The first-order chi connectivity index (χ1) is 19.2. The zero-order valence-electron chi connectivity index (χ0n) is 27.6. The van der Waals surface area contributed by atoms with E-state index < -0.39 is 0 Å². The molecular formula is C38H74Be. The Hall–Kier alpha value is 0.169. The summed E-state index contributed by atoms with van der Waals surface area (Å²) in [5, 5.41) is 0. The molecule has 0 radical (unpaired) electrons. The maximum atomic E-state index is 2.49. The fourth-order valence-corrected chi connectivity index (χ4v) is 8.21. The summed E-state index contributed by atoms with van der Waals surface area (Å²) in [6, 6.07) is 0. The summed E-state index contributed by atoms with van der Waals surface area (Å²) in [7, 11) is 1.50. The average molecular weight is 540 g/mol. The van der Waals surface area contributed by atoms with Crippen LogP contribution in [0.3, 0.4) is 0 Å². The van der Waals surface area contributed by atoms with Crippen molar-refractivity contribution in [1.82, 2.24) is 0 Å². The molecule has 2 aliphatic carbocycles. The van der Waals surface area contributed by atoms with Crippen LogP contribution in [-0.4, -0.2) is 8.78 Å². The van der Waals surface area contributed by atoms with Gasteiger partial charge in [0.15, 0.2) is 0 Å². The summed E-state index contributed by atoms with van der Waals surface area (Å²) in [6.45, 7) is 4.98. The van der Waals surface area contributed by atoms with Gasteiger partial charge in [-0.15, -0.1) is 0 Å². The molecule has 0 nitrogen and oxygen atoms in total. The molecule has 0 saturated heterocycles. The third kappa shape index (κ3) is 21.5. The van der Waals surface area contributed by atoms with Crippen LogP contribution in [0.4, 0.5) is 0 Å². The van der Waals surface area contributed by atoms with Crippen LogP contribution >= 0.6 is 0 Å². The minimum atomic E-state index is 1.00. The molecule has 39 heavy (non-hydrogen) atoms. The molecule has 0 bridgehead atoms. The van der Waals surface area contributed by atoms with E-state index in [1.165, 1.54) is 214 Å².